The van der Waals surface area contributed by atoms with Crippen LogP contribution in [0, 0.1) is 0 Å². The van der Waals surface area contributed by atoms with Crippen molar-refractivity contribution in [3.05, 3.63) is 174 Å². The van der Waals surface area contributed by atoms with Gasteiger partial charge in [-0.25, -0.2) is 0 Å². The number of fused-ring (bicyclic) bond motifs is 7. The van der Waals surface area contributed by atoms with Crippen molar-refractivity contribution in [3.63, 3.8) is 0 Å². The van der Waals surface area contributed by atoms with Gasteiger partial charge in [-0.3, -0.25) is 0 Å². The highest BCUT2D eigenvalue weighted by Gasteiger charge is 2.45. The molecule has 0 amide bonds. The summed E-state index contributed by atoms with van der Waals surface area (Å²) in [5.41, 5.74) is 18.5. The molecule has 0 saturated carbocycles. The molecule has 1 aromatic heterocycles. The molecule has 2 aliphatic carbocycles. The molecule has 7 aromatic carbocycles. The Balaban J connectivity index is 1.22. The molecule has 2 aliphatic rings. The smallest absolute Gasteiger partial charge is 0.137 e. The van der Waals surface area contributed by atoms with Gasteiger partial charge < -0.3 is 9.32 Å². The summed E-state index contributed by atoms with van der Waals surface area (Å²) in [5, 5.41) is 2.26. The molecule has 0 saturated heterocycles. The highest BCUT2D eigenvalue weighted by Crippen LogP contribution is 2.57. The molecule has 0 bridgehead atoms. The number of hydrogen-bond acceptors (Lipinski definition) is 2. The quantitative estimate of drug-likeness (QED) is 0.178. The molecule has 2 heteroatoms. The van der Waals surface area contributed by atoms with E-state index >= 15 is 0 Å². The highest BCUT2D eigenvalue weighted by molar-refractivity contribution is 6.06. The Hall–Kier alpha value is -5.86. The first kappa shape index (κ1) is 32.8. The molecule has 0 radical (unpaired) electrons. The second-order valence-corrected chi connectivity index (χ2v) is 17.4. The second-order valence-electron chi connectivity index (χ2n) is 17.4. The zero-order chi connectivity index (χ0) is 37.0. The summed E-state index contributed by atoms with van der Waals surface area (Å²) in [6.07, 6.45) is 1.16. The van der Waals surface area contributed by atoms with Crippen molar-refractivity contribution in [2.45, 2.75) is 64.2 Å². The molecule has 2 nitrogen and oxygen atoms in total. The fraction of sp³-hybridized carbons (Fsp3) is 0.192. The van der Waals surface area contributed by atoms with E-state index in [1.807, 2.05) is 6.07 Å². The van der Waals surface area contributed by atoms with Gasteiger partial charge in [-0.05, 0) is 127 Å². The van der Waals surface area contributed by atoms with Crippen LogP contribution >= 0.6 is 0 Å². The fourth-order valence-electron chi connectivity index (χ4n) is 9.97. The minimum absolute atomic E-state index is 0.104. The fourth-order valence-corrected chi connectivity index (χ4v) is 9.97. The molecule has 10 rings (SSSR count). The van der Waals surface area contributed by atoms with E-state index in [0.717, 1.165) is 45.4 Å². The first-order valence-corrected chi connectivity index (χ1v) is 19.3. The van der Waals surface area contributed by atoms with Gasteiger partial charge in [-0.15, -0.1) is 0 Å². The lowest BCUT2D eigenvalue weighted by atomic mass is 9.79. The SMILES string of the molecule is CC1(C)CC(C)(C)c2cc3c(cc21)-c1cc(N(c2cc(-c4ccccc4)cc(-c4ccccc4)c2)c2ccc4c(c2)oc2ccccc24)ccc1C3(C)C. The average Bonchev–Trinajstić information content (AvgIpc) is 3.72. The molecular formula is C52H45NO. The van der Waals surface area contributed by atoms with E-state index in [9.17, 15) is 0 Å². The average molecular weight is 700 g/mol. The maximum absolute atomic E-state index is 6.50. The molecule has 0 spiro atoms. The minimum Gasteiger partial charge on any atom is -0.456 e. The van der Waals surface area contributed by atoms with Gasteiger partial charge in [0.25, 0.3) is 0 Å². The summed E-state index contributed by atoms with van der Waals surface area (Å²) in [5.74, 6) is 0. The van der Waals surface area contributed by atoms with Crippen LogP contribution < -0.4 is 4.90 Å². The molecule has 0 aliphatic heterocycles. The zero-order valence-electron chi connectivity index (χ0n) is 32.0. The maximum atomic E-state index is 6.50. The van der Waals surface area contributed by atoms with Gasteiger partial charge in [0.15, 0.2) is 0 Å². The molecular weight excluding hydrogens is 655 g/mol. The van der Waals surface area contributed by atoms with Gasteiger partial charge in [-0.2, -0.15) is 0 Å². The first-order valence-electron chi connectivity index (χ1n) is 19.3. The van der Waals surface area contributed by atoms with Gasteiger partial charge in [0.05, 0.1) is 0 Å². The monoisotopic (exact) mass is 699 g/mol. The predicted molar refractivity (Wildman–Crippen MR) is 228 cm³/mol. The van der Waals surface area contributed by atoms with Crippen LogP contribution in [0.4, 0.5) is 17.1 Å². The summed E-state index contributed by atoms with van der Waals surface area (Å²) >= 11 is 0. The molecule has 1 heterocycles. The highest BCUT2D eigenvalue weighted by atomic mass is 16.3. The van der Waals surface area contributed by atoms with Crippen LogP contribution in [0.2, 0.25) is 0 Å². The zero-order valence-corrected chi connectivity index (χ0v) is 32.0. The Bertz CT molecular complexity index is 2710. The van der Waals surface area contributed by atoms with Crippen LogP contribution in [-0.2, 0) is 16.2 Å². The second kappa shape index (κ2) is 11.6. The molecule has 0 N–H and O–H groups in total. The number of anilines is 3. The third kappa shape index (κ3) is 5.00. The topological polar surface area (TPSA) is 16.4 Å². The van der Waals surface area contributed by atoms with Crippen molar-refractivity contribution >= 4 is 39.0 Å². The largest absolute Gasteiger partial charge is 0.456 e. The molecule has 0 unspecified atom stereocenters. The van der Waals surface area contributed by atoms with Crippen molar-refractivity contribution in [3.8, 4) is 33.4 Å². The van der Waals surface area contributed by atoms with Gasteiger partial charge in [0, 0.05) is 39.3 Å². The molecule has 8 aromatic rings. The summed E-state index contributed by atoms with van der Waals surface area (Å²) in [6, 6.07) is 55.8. The number of benzene rings is 7. The van der Waals surface area contributed by atoms with E-state index in [1.54, 1.807) is 0 Å². The van der Waals surface area contributed by atoms with E-state index in [4.69, 9.17) is 4.42 Å². The third-order valence-electron chi connectivity index (χ3n) is 12.4. The standard InChI is InChI=1S/C52H45NO/c1-50(2)32-51(3,4)47-31-45-43(30-46(47)50)42-28-37(22-24-44(42)52(45,5)6)53(38-21-23-41-40-19-13-14-20-48(40)54-49(41)29-38)39-26-35(33-15-9-7-10-16-33)25-36(27-39)34-17-11-8-12-18-34/h7-31H,32H2,1-6H3. The van der Waals surface area contributed by atoms with Gasteiger partial charge >= 0.3 is 0 Å². The molecule has 0 atom stereocenters. The number of furan rings is 1. The minimum atomic E-state index is -0.104. The van der Waals surface area contributed by atoms with Gasteiger partial charge in [0.1, 0.15) is 11.2 Å². The van der Waals surface area contributed by atoms with Crippen molar-refractivity contribution in [2.24, 2.45) is 0 Å². The van der Waals surface area contributed by atoms with Crippen molar-refractivity contribution in [1.82, 2.24) is 0 Å². The third-order valence-corrected chi connectivity index (χ3v) is 12.4. The van der Waals surface area contributed by atoms with Gasteiger partial charge in [0.2, 0.25) is 0 Å². The van der Waals surface area contributed by atoms with Crippen LogP contribution in [0.3, 0.4) is 0 Å². The Morgan fingerprint density at radius 3 is 1.65 bits per heavy atom. The lowest BCUT2D eigenvalue weighted by Crippen LogP contribution is -2.18. The van der Waals surface area contributed by atoms with E-state index in [1.165, 1.54) is 55.6 Å². The van der Waals surface area contributed by atoms with Crippen molar-refractivity contribution < 1.29 is 4.42 Å². The van der Waals surface area contributed by atoms with E-state index in [-0.39, 0.29) is 16.2 Å². The van der Waals surface area contributed by atoms with E-state index in [0.29, 0.717) is 0 Å². The Kier molecular flexibility index (Phi) is 7.02. The Labute approximate surface area is 318 Å². The van der Waals surface area contributed by atoms with Crippen LogP contribution in [0.5, 0.6) is 0 Å². The number of hydrogen-bond donors (Lipinski definition) is 0. The van der Waals surface area contributed by atoms with E-state index < -0.39 is 0 Å². The maximum Gasteiger partial charge on any atom is 0.137 e. The van der Waals surface area contributed by atoms with Crippen molar-refractivity contribution in [2.75, 3.05) is 4.90 Å². The molecule has 54 heavy (non-hydrogen) atoms. The summed E-state index contributed by atoms with van der Waals surface area (Å²) in [6.45, 7) is 14.5. The molecule has 264 valence electrons. The summed E-state index contributed by atoms with van der Waals surface area (Å²) < 4.78 is 6.50. The number of nitrogens with zero attached hydrogens (tertiary/aromatic N) is 1. The van der Waals surface area contributed by atoms with Crippen LogP contribution in [0.1, 0.15) is 70.2 Å². The first-order chi connectivity index (χ1) is 26.0. The number of para-hydroxylation sites is 1. The van der Waals surface area contributed by atoms with Crippen molar-refractivity contribution in [1.29, 1.82) is 0 Å². The molecule has 0 fully saturated rings. The Morgan fingerprint density at radius 1 is 0.407 bits per heavy atom. The summed E-state index contributed by atoms with van der Waals surface area (Å²) in [4.78, 5) is 2.43. The Morgan fingerprint density at radius 2 is 0.963 bits per heavy atom. The lowest BCUT2D eigenvalue weighted by molar-refractivity contribution is 0.403. The van der Waals surface area contributed by atoms with E-state index in [2.05, 4.69) is 192 Å². The van der Waals surface area contributed by atoms with Crippen LogP contribution in [-0.4, -0.2) is 0 Å². The van der Waals surface area contributed by atoms with Crippen LogP contribution in [0.25, 0.3) is 55.3 Å². The van der Waals surface area contributed by atoms with Gasteiger partial charge in [-0.1, -0.05) is 133 Å². The number of rotatable bonds is 5. The van der Waals surface area contributed by atoms with Crippen LogP contribution in [0.15, 0.2) is 156 Å². The summed E-state index contributed by atoms with van der Waals surface area (Å²) in [7, 11) is 0. The normalized spacial score (nSPS) is 16.0. The predicted octanol–water partition coefficient (Wildman–Crippen LogP) is 14.7. The lowest BCUT2D eigenvalue weighted by Gasteiger charge is -2.28.